The number of anilines is 2. The average molecular weight is 315 g/mol. The molecule has 1 aromatic carbocycles. The summed E-state index contributed by atoms with van der Waals surface area (Å²) in [6.07, 6.45) is 4.22. The van der Waals surface area contributed by atoms with Crippen LogP contribution in [0.5, 0.6) is 0 Å². The number of halogens is 1. The third-order valence-corrected chi connectivity index (χ3v) is 4.84. The molecule has 0 aliphatic heterocycles. The van der Waals surface area contributed by atoms with Crippen LogP contribution < -0.4 is 11.1 Å². The van der Waals surface area contributed by atoms with E-state index in [2.05, 4.69) is 20.3 Å². The molecule has 112 valence electrons. The predicted octanol–water partition coefficient (Wildman–Crippen LogP) is 2.78. The second-order valence-electron chi connectivity index (χ2n) is 5.39. The van der Waals surface area contributed by atoms with E-state index in [1.54, 1.807) is 17.4 Å². The van der Waals surface area contributed by atoms with Crippen LogP contribution in [0.1, 0.15) is 17.0 Å². The van der Waals surface area contributed by atoms with E-state index >= 15 is 0 Å². The molecule has 0 bridgehead atoms. The Morgan fingerprint density at radius 1 is 1.32 bits per heavy atom. The van der Waals surface area contributed by atoms with Crippen molar-refractivity contribution < 1.29 is 4.39 Å². The highest BCUT2D eigenvalue weighted by Crippen LogP contribution is 2.30. The van der Waals surface area contributed by atoms with E-state index in [9.17, 15) is 4.39 Å². The Kier molecular flexibility index (Phi) is 3.15. The van der Waals surface area contributed by atoms with Gasteiger partial charge in [-0.2, -0.15) is 0 Å². The molecule has 0 fully saturated rings. The van der Waals surface area contributed by atoms with Crippen LogP contribution in [0.3, 0.4) is 0 Å². The molecule has 0 saturated carbocycles. The minimum atomic E-state index is -0.286. The summed E-state index contributed by atoms with van der Waals surface area (Å²) in [7, 11) is 0. The Morgan fingerprint density at radius 3 is 3.14 bits per heavy atom. The van der Waals surface area contributed by atoms with E-state index in [0.29, 0.717) is 16.3 Å². The van der Waals surface area contributed by atoms with Crippen LogP contribution in [0.25, 0.3) is 10.9 Å². The zero-order valence-electron chi connectivity index (χ0n) is 11.7. The number of aromatic nitrogens is 3. The van der Waals surface area contributed by atoms with Gasteiger partial charge in [0.05, 0.1) is 11.2 Å². The third kappa shape index (κ3) is 2.37. The zero-order valence-corrected chi connectivity index (χ0v) is 12.5. The number of benzene rings is 1. The van der Waals surface area contributed by atoms with E-state index in [1.807, 2.05) is 0 Å². The maximum absolute atomic E-state index is 13.5. The molecule has 1 atom stereocenters. The Labute approximate surface area is 130 Å². The highest BCUT2D eigenvalue weighted by Gasteiger charge is 2.22. The summed E-state index contributed by atoms with van der Waals surface area (Å²) in [5.74, 6) is 0.391. The number of aryl methyl sites for hydroxylation is 1. The van der Waals surface area contributed by atoms with Gasteiger partial charge >= 0.3 is 0 Å². The number of thiazole rings is 1. The second kappa shape index (κ2) is 5.17. The first-order chi connectivity index (χ1) is 10.7. The molecule has 4 rings (SSSR count). The van der Waals surface area contributed by atoms with Gasteiger partial charge in [-0.25, -0.2) is 19.3 Å². The van der Waals surface area contributed by atoms with Gasteiger partial charge in [0.2, 0.25) is 0 Å². The smallest absolute Gasteiger partial charge is 0.180 e. The maximum Gasteiger partial charge on any atom is 0.180 e. The van der Waals surface area contributed by atoms with Crippen molar-refractivity contribution >= 4 is 33.2 Å². The summed E-state index contributed by atoms with van der Waals surface area (Å²) in [6, 6.07) is 4.79. The topological polar surface area (TPSA) is 76.7 Å². The highest BCUT2D eigenvalue weighted by molar-refractivity contribution is 7.15. The summed E-state index contributed by atoms with van der Waals surface area (Å²) in [5, 5.41) is 4.75. The summed E-state index contributed by atoms with van der Waals surface area (Å²) in [5.41, 5.74) is 7.62. The van der Waals surface area contributed by atoms with Crippen LogP contribution in [-0.4, -0.2) is 21.0 Å². The Balaban J connectivity index is 1.63. The largest absolute Gasteiger partial charge is 0.375 e. The van der Waals surface area contributed by atoms with Crippen molar-refractivity contribution in [2.75, 3.05) is 11.1 Å². The van der Waals surface area contributed by atoms with Crippen LogP contribution in [0, 0.1) is 5.82 Å². The summed E-state index contributed by atoms with van der Waals surface area (Å²) in [6.45, 7) is 0. The second-order valence-corrected chi connectivity index (χ2v) is 6.50. The van der Waals surface area contributed by atoms with Gasteiger partial charge in [-0.05, 0) is 31.0 Å². The van der Waals surface area contributed by atoms with Gasteiger partial charge in [0.15, 0.2) is 5.13 Å². The number of nitrogens with two attached hydrogens (primary N) is 1. The van der Waals surface area contributed by atoms with E-state index in [1.165, 1.54) is 23.3 Å². The van der Waals surface area contributed by atoms with Crippen molar-refractivity contribution in [1.82, 2.24) is 15.0 Å². The van der Waals surface area contributed by atoms with Crippen LogP contribution in [0.15, 0.2) is 24.5 Å². The molecular weight excluding hydrogens is 301 g/mol. The lowest BCUT2D eigenvalue weighted by molar-refractivity contribution is 0.608. The quantitative estimate of drug-likeness (QED) is 0.760. The zero-order chi connectivity index (χ0) is 15.1. The Bertz CT molecular complexity index is 847. The summed E-state index contributed by atoms with van der Waals surface area (Å²) < 4.78 is 13.5. The Hall–Kier alpha value is -2.28. The van der Waals surface area contributed by atoms with Gasteiger partial charge in [0.1, 0.15) is 18.0 Å². The van der Waals surface area contributed by atoms with Crippen molar-refractivity contribution in [3.05, 3.63) is 40.9 Å². The molecule has 7 heteroatoms. The SMILES string of the molecule is Nc1nc2c(s1)CC(Nc1ncnc3ccc(F)cc13)CC2. The van der Waals surface area contributed by atoms with Gasteiger partial charge < -0.3 is 11.1 Å². The van der Waals surface area contributed by atoms with Crippen molar-refractivity contribution in [2.45, 2.75) is 25.3 Å². The molecule has 22 heavy (non-hydrogen) atoms. The molecule has 0 radical (unpaired) electrons. The molecule has 1 unspecified atom stereocenters. The first-order valence-electron chi connectivity index (χ1n) is 7.10. The molecular formula is C15H14FN5S. The molecule has 5 nitrogen and oxygen atoms in total. The minimum Gasteiger partial charge on any atom is -0.375 e. The number of rotatable bonds is 2. The number of fused-ring (bicyclic) bond motifs is 2. The van der Waals surface area contributed by atoms with Crippen LogP contribution in [0.4, 0.5) is 15.3 Å². The monoisotopic (exact) mass is 315 g/mol. The van der Waals surface area contributed by atoms with Gasteiger partial charge in [-0.1, -0.05) is 0 Å². The first kappa shape index (κ1) is 13.4. The van der Waals surface area contributed by atoms with Crippen molar-refractivity contribution in [3.8, 4) is 0 Å². The molecule has 0 amide bonds. The number of hydrogen-bond donors (Lipinski definition) is 2. The van der Waals surface area contributed by atoms with Crippen molar-refractivity contribution in [2.24, 2.45) is 0 Å². The van der Waals surface area contributed by atoms with Crippen LogP contribution in [0.2, 0.25) is 0 Å². The molecule has 0 saturated heterocycles. The standard InChI is InChI=1S/C15H14FN5S/c16-8-1-3-11-10(5-8)14(19-7-18-11)20-9-2-4-12-13(6-9)22-15(17)21-12/h1,3,5,7,9H,2,4,6H2,(H2,17,21)(H,18,19,20). The van der Waals surface area contributed by atoms with Gasteiger partial charge in [-0.15, -0.1) is 11.3 Å². The van der Waals surface area contributed by atoms with Crippen LogP contribution >= 0.6 is 11.3 Å². The lowest BCUT2D eigenvalue weighted by atomic mass is 9.97. The molecule has 2 aromatic heterocycles. The number of nitrogens with zero attached hydrogens (tertiary/aromatic N) is 3. The maximum atomic E-state index is 13.5. The average Bonchev–Trinajstić information content (AvgIpc) is 2.87. The highest BCUT2D eigenvalue weighted by atomic mass is 32.1. The molecule has 0 spiro atoms. The normalized spacial score (nSPS) is 17.4. The van der Waals surface area contributed by atoms with Crippen molar-refractivity contribution in [3.63, 3.8) is 0 Å². The minimum absolute atomic E-state index is 0.244. The van der Waals surface area contributed by atoms with Crippen molar-refractivity contribution in [1.29, 1.82) is 0 Å². The van der Waals surface area contributed by atoms with E-state index in [0.717, 1.165) is 30.5 Å². The molecule has 1 aliphatic rings. The summed E-state index contributed by atoms with van der Waals surface area (Å²) in [4.78, 5) is 14.0. The molecule has 2 heterocycles. The molecule has 1 aliphatic carbocycles. The molecule has 3 aromatic rings. The van der Waals surface area contributed by atoms with E-state index in [-0.39, 0.29) is 11.9 Å². The van der Waals surface area contributed by atoms with Gasteiger partial charge in [-0.3, -0.25) is 0 Å². The first-order valence-corrected chi connectivity index (χ1v) is 7.91. The fourth-order valence-corrected chi connectivity index (χ4v) is 3.81. The molecule has 3 N–H and O–H groups in total. The summed E-state index contributed by atoms with van der Waals surface area (Å²) >= 11 is 1.54. The predicted molar refractivity (Wildman–Crippen MR) is 85.5 cm³/mol. The lowest BCUT2D eigenvalue weighted by Gasteiger charge is -2.23. The van der Waals surface area contributed by atoms with E-state index < -0.39 is 0 Å². The fourth-order valence-electron chi connectivity index (χ4n) is 2.86. The Morgan fingerprint density at radius 2 is 2.23 bits per heavy atom. The van der Waals surface area contributed by atoms with Gasteiger partial charge in [0, 0.05) is 22.7 Å². The van der Waals surface area contributed by atoms with E-state index in [4.69, 9.17) is 5.73 Å². The number of hydrogen-bond acceptors (Lipinski definition) is 6. The number of nitrogen functional groups attached to an aromatic ring is 1. The number of nitrogens with one attached hydrogen (secondary N) is 1. The lowest BCUT2D eigenvalue weighted by Crippen LogP contribution is -2.27. The third-order valence-electron chi connectivity index (χ3n) is 3.89. The van der Waals surface area contributed by atoms with Gasteiger partial charge in [0.25, 0.3) is 0 Å². The fraction of sp³-hybridized carbons (Fsp3) is 0.267. The van der Waals surface area contributed by atoms with Crippen LogP contribution in [-0.2, 0) is 12.8 Å².